The van der Waals surface area contributed by atoms with Crippen LogP contribution in [0.1, 0.15) is 42.7 Å². The van der Waals surface area contributed by atoms with E-state index in [1.165, 1.54) is 5.37 Å². The summed E-state index contributed by atoms with van der Waals surface area (Å²) in [5.74, 6) is -0.786. The Hall–Kier alpha value is -1.75. The minimum absolute atomic E-state index is 0.117. The van der Waals surface area contributed by atoms with Gasteiger partial charge >= 0.3 is 5.97 Å². The first kappa shape index (κ1) is 14.2. The van der Waals surface area contributed by atoms with E-state index in [0.29, 0.717) is 29.7 Å². The minimum atomic E-state index is -0.888. The van der Waals surface area contributed by atoms with E-state index in [9.17, 15) is 9.59 Å². The molecule has 5 heteroatoms. The van der Waals surface area contributed by atoms with Gasteiger partial charge in [-0.05, 0) is 48.9 Å². The molecule has 1 aromatic carbocycles. The van der Waals surface area contributed by atoms with E-state index in [2.05, 4.69) is 0 Å². The Balaban J connectivity index is 2.02. The van der Waals surface area contributed by atoms with Crippen LogP contribution in [0.2, 0.25) is 0 Å². The lowest BCUT2D eigenvalue weighted by Gasteiger charge is -2.19. The number of rotatable bonds is 3. The highest BCUT2D eigenvalue weighted by atomic mass is 32.1. The van der Waals surface area contributed by atoms with Gasteiger partial charge in [-0.25, -0.2) is 0 Å². The first-order valence-electron chi connectivity index (χ1n) is 7.01. The zero-order valence-electron chi connectivity index (χ0n) is 11.8. The lowest BCUT2D eigenvalue weighted by molar-refractivity contribution is -0.151. The second-order valence-electron chi connectivity index (χ2n) is 5.53. The van der Waals surface area contributed by atoms with Gasteiger partial charge in [0.1, 0.15) is 11.7 Å². The van der Waals surface area contributed by atoms with Gasteiger partial charge in [0.25, 0.3) is 0 Å². The number of hydrogen-bond acceptors (Lipinski definition) is 5. The number of carbonyl (C=O) groups excluding carboxylic acids is 2. The summed E-state index contributed by atoms with van der Waals surface area (Å²) in [7, 11) is 1.56. The number of benzene rings is 1. The van der Waals surface area contributed by atoms with Gasteiger partial charge in [0.15, 0.2) is 11.4 Å². The summed E-state index contributed by atoms with van der Waals surface area (Å²) >= 11 is 5.01. The monoisotopic (exact) mass is 304 g/mol. The number of carbonyl (C=O) groups is 2. The van der Waals surface area contributed by atoms with Crippen LogP contribution < -0.4 is 4.74 Å². The van der Waals surface area contributed by atoms with Crippen LogP contribution in [-0.4, -0.2) is 29.8 Å². The van der Waals surface area contributed by atoms with Gasteiger partial charge in [0.05, 0.1) is 7.11 Å². The maximum absolute atomic E-state index is 12.7. The average Bonchev–Trinajstić information content (AvgIpc) is 3.05. The smallest absolute Gasteiger partial charge is 0.322 e. The minimum Gasteiger partial charge on any atom is -0.497 e. The van der Waals surface area contributed by atoms with Crippen molar-refractivity contribution >= 4 is 29.3 Å². The third-order valence-corrected chi connectivity index (χ3v) is 4.64. The fourth-order valence-corrected chi connectivity index (χ4v) is 3.48. The summed E-state index contributed by atoms with van der Waals surface area (Å²) in [5, 5.41) is 1.47. The molecule has 1 saturated heterocycles. The van der Waals surface area contributed by atoms with E-state index in [1.54, 1.807) is 25.3 Å². The molecule has 0 bridgehead atoms. The van der Waals surface area contributed by atoms with Crippen molar-refractivity contribution < 1.29 is 19.1 Å². The van der Waals surface area contributed by atoms with Crippen LogP contribution in [0.25, 0.3) is 0 Å². The van der Waals surface area contributed by atoms with Crippen molar-refractivity contribution in [3.63, 3.8) is 0 Å². The zero-order valence-corrected chi connectivity index (χ0v) is 12.6. The number of Topliss-reactive ketones (excluding diaryl/α,β-unsaturated/α-hetero) is 1. The summed E-state index contributed by atoms with van der Waals surface area (Å²) in [6.45, 7) is 0. The Morgan fingerprint density at radius 2 is 2.05 bits per heavy atom. The molecule has 1 atom stereocenters. The fourth-order valence-electron chi connectivity index (χ4n) is 3.28. The molecular formula is C16H16O4S. The maximum atomic E-state index is 12.7. The van der Waals surface area contributed by atoms with Gasteiger partial charge in [0, 0.05) is 5.37 Å². The molecule has 1 heterocycles. The first-order valence-corrected chi connectivity index (χ1v) is 7.49. The number of esters is 1. The third-order valence-electron chi connectivity index (χ3n) is 4.39. The Labute approximate surface area is 128 Å². The van der Waals surface area contributed by atoms with Crippen LogP contribution in [0, 0.1) is 0 Å². The van der Waals surface area contributed by atoms with Gasteiger partial charge in [0.2, 0.25) is 0 Å². The fraction of sp³-hybridized carbons (Fsp3) is 0.438. The van der Waals surface area contributed by atoms with E-state index >= 15 is 0 Å². The summed E-state index contributed by atoms with van der Waals surface area (Å²) in [4.78, 5) is 25.0. The number of ether oxygens (including phenoxy) is 2. The molecule has 3 rings (SSSR count). The van der Waals surface area contributed by atoms with Gasteiger partial charge in [-0.2, -0.15) is 0 Å². The van der Waals surface area contributed by atoms with Gasteiger partial charge in [-0.1, -0.05) is 18.3 Å². The Kier molecular flexibility index (Phi) is 3.53. The molecule has 1 spiro atoms. The van der Waals surface area contributed by atoms with Crippen LogP contribution in [0.4, 0.5) is 0 Å². The Bertz CT molecular complexity index is 617. The van der Waals surface area contributed by atoms with Gasteiger partial charge in [-0.3, -0.25) is 9.59 Å². The summed E-state index contributed by atoms with van der Waals surface area (Å²) in [5.41, 5.74) is 0.389. The van der Waals surface area contributed by atoms with Gasteiger partial charge in [-0.15, -0.1) is 0 Å². The highest BCUT2D eigenvalue weighted by Gasteiger charge is 2.56. The molecule has 1 aliphatic carbocycles. The van der Waals surface area contributed by atoms with Crippen LogP contribution in [0.3, 0.4) is 0 Å². The molecule has 0 N–H and O–H groups in total. The van der Waals surface area contributed by atoms with Crippen molar-refractivity contribution in [2.24, 2.45) is 0 Å². The summed E-state index contributed by atoms with van der Waals surface area (Å²) in [6, 6.07) is 5.20. The van der Waals surface area contributed by atoms with Crippen LogP contribution in [-0.2, 0) is 14.3 Å². The van der Waals surface area contributed by atoms with Crippen LogP contribution in [0.5, 0.6) is 5.75 Å². The number of thiocarbonyl (C=S) groups is 1. The predicted molar refractivity (Wildman–Crippen MR) is 80.8 cm³/mol. The van der Waals surface area contributed by atoms with Gasteiger partial charge < -0.3 is 9.47 Å². The first-order chi connectivity index (χ1) is 10.1. The second kappa shape index (κ2) is 5.22. The molecule has 110 valence electrons. The van der Waals surface area contributed by atoms with Crippen molar-refractivity contribution in [3.05, 3.63) is 29.3 Å². The molecular weight excluding hydrogens is 288 g/mol. The molecule has 0 radical (unpaired) electrons. The topological polar surface area (TPSA) is 52.6 Å². The lowest BCUT2D eigenvalue weighted by Crippen LogP contribution is -2.33. The Morgan fingerprint density at radius 3 is 2.67 bits per heavy atom. The SMILES string of the molecule is COc1ccc(C2C(=O)OC3(CCCC3)C2=O)c(C=S)c1. The molecule has 1 aromatic rings. The molecule has 1 saturated carbocycles. The molecule has 1 unspecified atom stereocenters. The standard InChI is InChI=1S/C16H16O4S/c1-19-11-4-5-12(10(8-11)9-21)13-14(17)16(20-15(13)18)6-2-3-7-16/h4-5,8-9,13H,2-3,6-7H2,1H3. The Morgan fingerprint density at radius 1 is 1.33 bits per heavy atom. The zero-order chi connectivity index (χ0) is 15.0. The van der Waals surface area contributed by atoms with E-state index in [0.717, 1.165) is 12.8 Å². The molecule has 0 amide bonds. The van der Waals surface area contributed by atoms with Crippen molar-refractivity contribution in [2.75, 3.05) is 7.11 Å². The van der Waals surface area contributed by atoms with Crippen LogP contribution in [0.15, 0.2) is 18.2 Å². The van der Waals surface area contributed by atoms with E-state index < -0.39 is 17.5 Å². The number of ketones is 1. The summed E-state index contributed by atoms with van der Waals surface area (Å²) < 4.78 is 10.6. The highest BCUT2D eigenvalue weighted by Crippen LogP contribution is 2.45. The normalized spacial score (nSPS) is 23.4. The largest absolute Gasteiger partial charge is 0.497 e. The van der Waals surface area contributed by atoms with E-state index in [4.69, 9.17) is 21.7 Å². The number of methoxy groups -OCH3 is 1. The average molecular weight is 304 g/mol. The van der Waals surface area contributed by atoms with E-state index in [-0.39, 0.29) is 5.78 Å². The molecule has 21 heavy (non-hydrogen) atoms. The predicted octanol–water partition coefficient (Wildman–Crippen LogP) is 2.57. The lowest BCUT2D eigenvalue weighted by atomic mass is 9.85. The molecule has 2 fully saturated rings. The van der Waals surface area contributed by atoms with E-state index in [1.807, 2.05) is 0 Å². The summed E-state index contributed by atoms with van der Waals surface area (Å²) in [6.07, 6.45) is 3.12. The van der Waals surface area contributed by atoms with Crippen molar-refractivity contribution in [2.45, 2.75) is 37.2 Å². The highest BCUT2D eigenvalue weighted by molar-refractivity contribution is 7.79. The maximum Gasteiger partial charge on any atom is 0.322 e. The molecule has 1 aliphatic heterocycles. The van der Waals surface area contributed by atoms with Crippen molar-refractivity contribution in [3.8, 4) is 5.75 Å². The molecule has 4 nitrogen and oxygen atoms in total. The van der Waals surface area contributed by atoms with Crippen molar-refractivity contribution in [1.82, 2.24) is 0 Å². The molecule has 0 aromatic heterocycles. The third kappa shape index (κ3) is 2.16. The quantitative estimate of drug-likeness (QED) is 0.488. The number of hydrogen-bond donors (Lipinski definition) is 0. The van der Waals surface area contributed by atoms with Crippen molar-refractivity contribution in [1.29, 1.82) is 0 Å². The molecule has 2 aliphatic rings. The van der Waals surface area contributed by atoms with Crippen LogP contribution >= 0.6 is 12.2 Å². The second-order valence-corrected chi connectivity index (χ2v) is 5.77.